The fourth-order valence-corrected chi connectivity index (χ4v) is 1.88. The highest BCUT2D eigenvalue weighted by Gasteiger charge is 2.14. The van der Waals surface area contributed by atoms with Crippen LogP contribution in [0.1, 0.15) is 25.8 Å². The van der Waals surface area contributed by atoms with E-state index in [1.54, 1.807) is 19.1 Å². The summed E-state index contributed by atoms with van der Waals surface area (Å²) in [5, 5.41) is 16.3. The Morgan fingerprint density at radius 1 is 1.45 bits per heavy atom. The number of nitro groups is 1. The van der Waals surface area contributed by atoms with Crippen LogP contribution in [0, 0.1) is 23.0 Å². The fourth-order valence-electron chi connectivity index (χ4n) is 1.66. The van der Waals surface area contributed by atoms with Gasteiger partial charge in [-0.1, -0.05) is 19.9 Å². The van der Waals surface area contributed by atoms with E-state index in [2.05, 4.69) is 10.6 Å². The fraction of sp³-hybridized carbons (Fsp3) is 0.385. The normalized spacial score (nSPS) is 10.2. The molecule has 7 heteroatoms. The molecule has 1 rings (SSSR count). The molecule has 0 atom stereocenters. The quantitative estimate of drug-likeness (QED) is 0.507. The first-order valence-electron chi connectivity index (χ1n) is 6.16. The Kier molecular flexibility index (Phi) is 5.57. The first-order chi connectivity index (χ1) is 9.31. The minimum absolute atomic E-state index is 0.00584. The van der Waals surface area contributed by atoms with Crippen molar-refractivity contribution in [1.82, 2.24) is 5.32 Å². The first kappa shape index (κ1) is 16.0. The van der Waals surface area contributed by atoms with E-state index in [1.165, 1.54) is 6.07 Å². The van der Waals surface area contributed by atoms with Gasteiger partial charge in [0.15, 0.2) is 5.11 Å². The molecule has 0 heterocycles. The third-order valence-corrected chi connectivity index (χ3v) is 2.80. The van der Waals surface area contributed by atoms with Gasteiger partial charge in [-0.25, -0.2) is 0 Å². The van der Waals surface area contributed by atoms with Gasteiger partial charge in [0, 0.05) is 12.5 Å². The molecule has 0 spiro atoms. The van der Waals surface area contributed by atoms with Gasteiger partial charge < -0.3 is 10.6 Å². The molecule has 1 aromatic carbocycles. The van der Waals surface area contributed by atoms with Crippen molar-refractivity contribution in [2.45, 2.75) is 27.2 Å². The Morgan fingerprint density at radius 3 is 2.65 bits per heavy atom. The third kappa shape index (κ3) is 4.58. The maximum absolute atomic E-state index is 11.6. The summed E-state index contributed by atoms with van der Waals surface area (Å²) in [6, 6.07) is 4.65. The lowest BCUT2D eigenvalue weighted by atomic mass is 10.1. The van der Waals surface area contributed by atoms with Crippen molar-refractivity contribution in [3.63, 3.8) is 0 Å². The van der Waals surface area contributed by atoms with Crippen LogP contribution in [-0.2, 0) is 4.79 Å². The van der Waals surface area contributed by atoms with Crippen LogP contribution < -0.4 is 10.6 Å². The van der Waals surface area contributed by atoms with E-state index in [9.17, 15) is 14.9 Å². The number of nitrogens with zero attached hydrogens (tertiary/aromatic N) is 1. The van der Waals surface area contributed by atoms with Crippen molar-refractivity contribution < 1.29 is 9.72 Å². The molecule has 1 amide bonds. The molecule has 0 aromatic heterocycles. The molecule has 0 aliphatic rings. The predicted octanol–water partition coefficient (Wildman–Crippen LogP) is 2.76. The largest absolute Gasteiger partial charge is 0.332 e. The first-order valence-corrected chi connectivity index (χ1v) is 6.57. The van der Waals surface area contributed by atoms with Gasteiger partial charge in [0.25, 0.3) is 5.69 Å². The molecule has 0 radical (unpaired) electrons. The Bertz CT molecular complexity index is 544. The molecule has 0 bridgehead atoms. The zero-order chi connectivity index (χ0) is 15.3. The zero-order valence-corrected chi connectivity index (χ0v) is 12.4. The lowest BCUT2D eigenvalue weighted by molar-refractivity contribution is -0.385. The van der Waals surface area contributed by atoms with Crippen LogP contribution >= 0.6 is 12.2 Å². The monoisotopic (exact) mass is 295 g/mol. The van der Waals surface area contributed by atoms with E-state index in [1.807, 2.05) is 13.8 Å². The molecule has 1 aromatic rings. The van der Waals surface area contributed by atoms with Gasteiger partial charge in [-0.2, -0.15) is 0 Å². The highest BCUT2D eigenvalue weighted by Crippen LogP contribution is 2.24. The zero-order valence-electron chi connectivity index (χ0n) is 11.6. The molecule has 0 unspecified atom stereocenters. The summed E-state index contributed by atoms with van der Waals surface area (Å²) in [5.41, 5.74) is 0.985. The van der Waals surface area contributed by atoms with E-state index in [0.29, 0.717) is 17.7 Å². The number of rotatable bonds is 4. The van der Waals surface area contributed by atoms with Gasteiger partial charge in [-0.3, -0.25) is 14.9 Å². The van der Waals surface area contributed by atoms with Gasteiger partial charge in [0.05, 0.1) is 16.2 Å². The molecule has 0 fully saturated rings. The second kappa shape index (κ2) is 6.95. The smallest absolute Gasteiger partial charge is 0.274 e. The van der Waals surface area contributed by atoms with Crippen LogP contribution in [0.15, 0.2) is 18.2 Å². The summed E-state index contributed by atoms with van der Waals surface area (Å²) in [6.07, 6.45) is 0.371. The number of benzene rings is 1. The number of nitrogens with one attached hydrogen (secondary N) is 2. The molecular formula is C13H17N3O3S. The van der Waals surface area contributed by atoms with Gasteiger partial charge in [0.1, 0.15) is 0 Å². The van der Waals surface area contributed by atoms with Crippen LogP contribution in [0.3, 0.4) is 0 Å². The molecule has 0 saturated heterocycles. The van der Waals surface area contributed by atoms with Gasteiger partial charge in [-0.15, -0.1) is 0 Å². The second-order valence-corrected chi connectivity index (χ2v) is 5.22. The molecular weight excluding hydrogens is 278 g/mol. The molecule has 6 nitrogen and oxygen atoms in total. The molecule has 0 aliphatic heterocycles. The van der Waals surface area contributed by atoms with E-state index in [0.717, 1.165) is 0 Å². The van der Waals surface area contributed by atoms with Crippen molar-refractivity contribution in [2.75, 3.05) is 5.32 Å². The molecule has 108 valence electrons. The average Bonchev–Trinajstić information content (AvgIpc) is 2.29. The minimum atomic E-state index is -0.457. The van der Waals surface area contributed by atoms with Crippen LogP contribution in [0.4, 0.5) is 11.4 Å². The molecule has 2 N–H and O–H groups in total. The number of nitro benzene ring substituents is 1. The highest BCUT2D eigenvalue weighted by molar-refractivity contribution is 7.80. The van der Waals surface area contributed by atoms with Crippen molar-refractivity contribution in [1.29, 1.82) is 0 Å². The van der Waals surface area contributed by atoms with Crippen molar-refractivity contribution in [3.8, 4) is 0 Å². The summed E-state index contributed by atoms with van der Waals surface area (Å²) in [7, 11) is 0. The number of carbonyl (C=O) groups is 1. The van der Waals surface area contributed by atoms with Gasteiger partial charge in [-0.05, 0) is 31.1 Å². The number of hydrogen-bond donors (Lipinski definition) is 2. The summed E-state index contributed by atoms with van der Waals surface area (Å²) in [5.74, 6) is 0.0536. The number of anilines is 1. The van der Waals surface area contributed by atoms with Crippen molar-refractivity contribution in [3.05, 3.63) is 33.9 Å². The summed E-state index contributed by atoms with van der Waals surface area (Å²) in [4.78, 5) is 21.9. The van der Waals surface area contributed by atoms with E-state index < -0.39 is 4.92 Å². The second-order valence-electron chi connectivity index (χ2n) is 4.81. The standard InChI is InChI=1S/C13H17N3O3S/c1-8(2)7-12(17)15-13(20)14-10-5-4-6-11(9(10)3)16(18)19/h4-6,8H,7H2,1-3H3,(H2,14,15,17,20). The highest BCUT2D eigenvalue weighted by atomic mass is 32.1. The molecule has 20 heavy (non-hydrogen) atoms. The van der Waals surface area contributed by atoms with Crippen LogP contribution in [0.25, 0.3) is 0 Å². The summed E-state index contributed by atoms with van der Waals surface area (Å²) < 4.78 is 0. The van der Waals surface area contributed by atoms with Crippen molar-refractivity contribution >= 4 is 34.6 Å². The van der Waals surface area contributed by atoms with Crippen LogP contribution in [0.5, 0.6) is 0 Å². The van der Waals surface area contributed by atoms with Crippen molar-refractivity contribution in [2.24, 2.45) is 5.92 Å². The van der Waals surface area contributed by atoms with E-state index >= 15 is 0 Å². The third-order valence-electron chi connectivity index (χ3n) is 2.60. The minimum Gasteiger partial charge on any atom is -0.332 e. The number of hydrogen-bond acceptors (Lipinski definition) is 4. The lowest BCUT2D eigenvalue weighted by Gasteiger charge is -2.12. The maximum atomic E-state index is 11.6. The SMILES string of the molecule is Cc1c(NC(=S)NC(=O)CC(C)C)cccc1[N+](=O)[O-]. The number of thiocarbonyl (C=S) groups is 1. The Morgan fingerprint density at radius 2 is 2.10 bits per heavy atom. The number of carbonyl (C=O) groups excluding carboxylic acids is 1. The Hall–Kier alpha value is -2.02. The topological polar surface area (TPSA) is 84.3 Å². The Balaban J connectivity index is 2.74. The molecule has 0 saturated carbocycles. The van der Waals surface area contributed by atoms with Gasteiger partial charge in [0.2, 0.25) is 5.91 Å². The lowest BCUT2D eigenvalue weighted by Crippen LogP contribution is -2.34. The van der Waals surface area contributed by atoms with Crippen LogP contribution in [-0.4, -0.2) is 15.9 Å². The maximum Gasteiger partial charge on any atom is 0.274 e. The van der Waals surface area contributed by atoms with E-state index in [-0.39, 0.29) is 22.6 Å². The Labute approximate surface area is 122 Å². The van der Waals surface area contributed by atoms with Gasteiger partial charge >= 0.3 is 0 Å². The number of amides is 1. The predicted molar refractivity (Wildman–Crippen MR) is 81.7 cm³/mol. The van der Waals surface area contributed by atoms with E-state index in [4.69, 9.17) is 12.2 Å². The molecule has 0 aliphatic carbocycles. The average molecular weight is 295 g/mol. The summed E-state index contributed by atoms with van der Waals surface area (Å²) >= 11 is 5.02. The van der Waals surface area contributed by atoms with Crippen LogP contribution in [0.2, 0.25) is 0 Å². The summed E-state index contributed by atoms with van der Waals surface area (Å²) in [6.45, 7) is 5.49.